The highest BCUT2D eigenvalue weighted by atomic mass is 16.3. The van der Waals surface area contributed by atoms with E-state index in [0.29, 0.717) is 36.5 Å². The number of hydrogen-bond donors (Lipinski definition) is 1. The zero-order chi connectivity index (χ0) is 17.4. The monoisotopic (exact) mass is 337 g/mol. The number of nitrogens with zero attached hydrogens (tertiary/aromatic N) is 3. The number of carbonyl (C=O) groups is 1. The standard InChI is InChI=1S/C19H19N3O3/c1-13-7-8-17(25-13)18-16(19(24)21-10-9-15(23)11-21)12-22(20-18)14-5-3-2-4-6-14/h2-8,12,15,23H,9-11H2,1H3/t15-/m1/s1. The van der Waals surface area contributed by atoms with Gasteiger partial charge in [0.25, 0.3) is 5.91 Å². The number of hydrogen-bond acceptors (Lipinski definition) is 4. The van der Waals surface area contributed by atoms with E-state index in [-0.39, 0.29) is 5.91 Å². The van der Waals surface area contributed by atoms with Gasteiger partial charge in [0.2, 0.25) is 0 Å². The minimum Gasteiger partial charge on any atom is -0.460 e. The zero-order valence-corrected chi connectivity index (χ0v) is 13.9. The summed E-state index contributed by atoms with van der Waals surface area (Å²) in [6.07, 6.45) is 1.88. The molecule has 6 heteroatoms. The number of likely N-dealkylation sites (tertiary alicyclic amines) is 1. The molecule has 0 aliphatic carbocycles. The summed E-state index contributed by atoms with van der Waals surface area (Å²) in [6, 6.07) is 13.3. The molecule has 1 aliphatic rings. The first-order valence-corrected chi connectivity index (χ1v) is 8.31. The van der Waals surface area contributed by atoms with E-state index in [0.717, 1.165) is 11.4 Å². The lowest BCUT2D eigenvalue weighted by molar-refractivity contribution is 0.0765. The smallest absolute Gasteiger partial charge is 0.257 e. The van der Waals surface area contributed by atoms with Gasteiger partial charge in [0.1, 0.15) is 11.5 Å². The molecule has 2 aromatic heterocycles. The number of para-hydroxylation sites is 1. The lowest BCUT2D eigenvalue weighted by Gasteiger charge is -2.14. The van der Waals surface area contributed by atoms with Crippen LogP contribution in [0.1, 0.15) is 22.5 Å². The first-order valence-electron chi connectivity index (χ1n) is 8.31. The summed E-state index contributed by atoms with van der Waals surface area (Å²) in [5.41, 5.74) is 1.86. The van der Waals surface area contributed by atoms with Crippen molar-refractivity contribution in [1.82, 2.24) is 14.7 Å². The highest BCUT2D eigenvalue weighted by Gasteiger charge is 2.29. The van der Waals surface area contributed by atoms with Gasteiger partial charge >= 0.3 is 0 Å². The Balaban J connectivity index is 1.78. The van der Waals surface area contributed by atoms with Crippen molar-refractivity contribution in [1.29, 1.82) is 0 Å². The largest absolute Gasteiger partial charge is 0.460 e. The third kappa shape index (κ3) is 2.96. The quantitative estimate of drug-likeness (QED) is 0.797. The number of aliphatic hydroxyl groups excluding tert-OH is 1. The fraction of sp³-hybridized carbons (Fsp3) is 0.263. The van der Waals surface area contributed by atoms with E-state index in [1.165, 1.54) is 0 Å². The van der Waals surface area contributed by atoms with E-state index in [4.69, 9.17) is 4.42 Å². The molecule has 4 rings (SSSR count). The number of aliphatic hydroxyl groups is 1. The SMILES string of the molecule is Cc1ccc(-c2nn(-c3ccccc3)cc2C(=O)N2CC[C@@H](O)C2)o1. The van der Waals surface area contributed by atoms with Crippen LogP contribution >= 0.6 is 0 Å². The van der Waals surface area contributed by atoms with Crippen molar-refractivity contribution in [2.24, 2.45) is 0 Å². The second-order valence-electron chi connectivity index (χ2n) is 6.28. The van der Waals surface area contributed by atoms with Crippen LogP contribution in [0.15, 0.2) is 53.1 Å². The van der Waals surface area contributed by atoms with E-state index in [2.05, 4.69) is 5.10 Å². The molecule has 0 bridgehead atoms. The Morgan fingerprint density at radius 1 is 1.24 bits per heavy atom. The molecular formula is C19H19N3O3. The topological polar surface area (TPSA) is 71.5 Å². The molecule has 1 aromatic carbocycles. The van der Waals surface area contributed by atoms with E-state index in [9.17, 15) is 9.90 Å². The van der Waals surface area contributed by atoms with E-state index in [1.54, 1.807) is 15.8 Å². The summed E-state index contributed by atoms with van der Waals surface area (Å²) < 4.78 is 7.38. The Labute approximate surface area is 145 Å². The molecule has 1 N–H and O–H groups in total. The van der Waals surface area contributed by atoms with Crippen LogP contribution in [0, 0.1) is 6.92 Å². The zero-order valence-electron chi connectivity index (χ0n) is 13.9. The number of aromatic nitrogens is 2. The van der Waals surface area contributed by atoms with Crippen molar-refractivity contribution < 1.29 is 14.3 Å². The second kappa shape index (κ2) is 6.22. The third-order valence-electron chi connectivity index (χ3n) is 4.39. The van der Waals surface area contributed by atoms with Crippen molar-refractivity contribution in [3.63, 3.8) is 0 Å². The highest BCUT2D eigenvalue weighted by molar-refractivity contribution is 5.99. The molecule has 0 spiro atoms. The van der Waals surface area contributed by atoms with Crippen LogP contribution in [0.3, 0.4) is 0 Å². The fourth-order valence-electron chi connectivity index (χ4n) is 3.08. The summed E-state index contributed by atoms with van der Waals surface area (Å²) >= 11 is 0. The van der Waals surface area contributed by atoms with Gasteiger partial charge in [0.05, 0.1) is 17.4 Å². The molecule has 0 unspecified atom stereocenters. The lowest BCUT2D eigenvalue weighted by atomic mass is 10.2. The van der Waals surface area contributed by atoms with Gasteiger partial charge in [0, 0.05) is 19.3 Å². The Morgan fingerprint density at radius 3 is 2.68 bits per heavy atom. The maximum Gasteiger partial charge on any atom is 0.257 e. The lowest BCUT2D eigenvalue weighted by Crippen LogP contribution is -2.29. The molecule has 0 radical (unpaired) electrons. The molecule has 3 aromatic rings. The maximum atomic E-state index is 13.0. The number of rotatable bonds is 3. The summed E-state index contributed by atoms with van der Waals surface area (Å²) in [6.45, 7) is 2.76. The van der Waals surface area contributed by atoms with E-state index >= 15 is 0 Å². The predicted octanol–water partition coefficient (Wildman–Crippen LogP) is 2.65. The van der Waals surface area contributed by atoms with Crippen LogP contribution in [-0.4, -0.2) is 44.9 Å². The first kappa shape index (κ1) is 15.7. The number of amides is 1. The van der Waals surface area contributed by atoms with Gasteiger partial charge in [0.15, 0.2) is 5.76 Å². The Hall–Kier alpha value is -2.86. The average molecular weight is 337 g/mol. The summed E-state index contributed by atoms with van der Waals surface area (Å²) in [5, 5.41) is 14.3. The number of benzene rings is 1. The van der Waals surface area contributed by atoms with Crippen LogP contribution in [0.5, 0.6) is 0 Å². The van der Waals surface area contributed by atoms with E-state index in [1.807, 2.05) is 49.4 Å². The van der Waals surface area contributed by atoms with Crippen molar-refractivity contribution in [2.75, 3.05) is 13.1 Å². The van der Waals surface area contributed by atoms with Crippen LogP contribution < -0.4 is 0 Å². The fourth-order valence-corrected chi connectivity index (χ4v) is 3.08. The second-order valence-corrected chi connectivity index (χ2v) is 6.28. The summed E-state index contributed by atoms with van der Waals surface area (Å²) in [5.74, 6) is 1.19. The van der Waals surface area contributed by atoms with Crippen molar-refractivity contribution >= 4 is 5.91 Å². The molecule has 0 saturated carbocycles. The van der Waals surface area contributed by atoms with Crippen molar-refractivity contribution in [3.8, 4) is 17.1 Å². The van der Waals surface area contributed by atoms with E-state index < -0.39 is 6.10 Å². The minimum absolute atomic E-state index is 0.136. The molecule has 1 saturated heterocycles. The van der Waals surface area contributed by atoms with Gasteiger partial charge in [-0.25, -0.2) is 4.68 Å². The highest BCUT2D eigenvalue weighted by Crippen LogP contribution is 2.27. The summed E-state index contributed by atoms with van der Waals surface area (Å²) in [4.78, 5) is 14.6. The van der Waals surface area contributed by atoms with Gasteiger partial charge in [-0.05, 0) is 37.6 Å². The van der Waals surface area contributed by atoms with Gasteiger partial charge in [-0.3, -0.25) is 4.79 Å². The van der Waals surface area contributed by atoms with Crippen LogP contribution in [0.2, 0.25) is 0 Å². The Kier molecular flexibility index (Phi) is 3.89. The molecule has 1 amide bonds. The van der Waals surface area contributed by atoms with Gasteiger partial charge in [-0.2, -0.15) is 5.10 Å². The molecule has 3 heterocycles. The predicted molar refractivity (Wildman–Crippen MR) is 92.5 cm³/mol. The van der Waals surface area contributed by atoms with Crippen LogP contribution in [-0.2, 0) is 0 Å². The molecule has 6 nitrogen and oxygen atoms in total. The number of aryl methyl sites for hydroxylation is 1. The number of β-amino-alcohol motifs (C(OH)–C–C–N with tert-alkyl or cyclic N) is 1. The number of furan rings is 1. The average Bonchev–Trinajstić information content (AvgIpc) is 3.34. The maximum absolute atomic E-state index is 13.0. The Bertz CT molecular complexity index is 898. The van der Waals surface area contributed by atoms with Crippen LogP contribution in [0.4, 0.5) is 0 Å². The molecule has 1 aliphatic heterocycles. The molecule has 1 fully saturated rings. The van der Waals surface area contributed by atoms with Crippen molar-refractivity contribution in [2.45, 2.75) is 19.4 Å². The van der Waals surface area contributed by atoms with Gasteiger partial charge in [-0.1, -0.05) is 18.2 Å². The van der Waals surface area contributed by atoms with Crippen LogP contribution in [0.25, 0.3) is 17.1 Å². The van der Waals surface area contributed by atoms with Gasteiger partial charge in [-0.15, -0.1) is 0 Å². The molecule has 128 valence electrons. The minimum atomic E-state index is -0.456. The normalized spacial score (nSPS) is 17.2. The summed E-state index contributed by atoms with van der Waals surface area (Å²) in [7, 11) is 0. The molecular weight excluding hydrogens is 318 g/mol. The van der Waals surface area contributed by atoms with Gasteiger partial charge < -0.3 is 14.4 Å². The molecule has 1 atom stereocenters. The van der Waals surface area contributed by atoms with Crippen molar-refractivity contribution in [3.05, 3.63) is 60.0 Å². The molecule has 25 heavy (non-hydrogen) atoms. The third-order valence-corrected chi connectivity index (χ3v) is 4.39. The first-order chi connectivity index (χ1) is 12.1. The Morgan fingerprint density at radius 2 is 2.04 bits per heavy atom. The number of carbonyl (C=O) groups excluding carboxylic acids is 1.